The number of anilines is 1. The van der Waals surface area contributed by atoms with Crippen LogP contribution >= 0.6 is 0 Å². The van der Waals surface area contributed by atoms with E-state index in [-0.39, 0.29) is 30.8 Å². The maximum absolute atomic E-state index is 12.4. The molecule has 0 fully saturated rings. The molecule has 0 aromatic heterocycles. The van der Waals surface area contributed by atoms with Gasteiger partial charge in [0.1, 0.15) is 11.5 Å². The smallest absolute Gasteiger partial charge is 0.251 e. The number of rotatable bonds is 9. The summed E-state index contributed by atoms with van der Waals surface area (Å²) in [5, 5.41) is 5.42. The number of nitrogens with zero attached hydrogens (tertiary/aromatic N) is 1. The van der Waals surface area contributed by atoms with E-state index in [1.165, 1.54) is 11.9 Å². The van der Waals surface area contributed by atoms with E-state index in [9.17, 15) is 14.4 Å². The summed E-state index contributed by atoms with van der Waals surface area (Å²) in [6, 6.07) is 23.5. The number of hydrogen-bond acceptors (Lipinski definition) is 4. The second kappa shape index (κ2) is 11.5. The molecule has 0 saturated carbocycles. The summed E-state index contributed by atoms with van der Waals surface area (Å²) in [7, 11) is 1.52. The molecule has 3 aromatic rings. The van der Waals surface area contributed by atoms with E-state index in [1.54, 1.807) is 24.3 Å². The third kappa shape index (κ3) is 6.93. The van der Waals surface area contributed by atoms with Crippen molar-refractivity contribution in [2.75, 3.05) is 25.5 Å². The van der Waals surface area contributed by atoms with Crippen molar-refractivity contribution in [3.05, 3.63) is 90.0 Å². The van der Waals surface area contributed by atoms with Gasteiger partial charge in [0.25, 0.3) is 5.91 Å². The van der Waals surface area contributed by atoms with Gasteiger partial charge in [0.15, 0.2) is 0 Å². The van der Waals surface area contributed by atoms with Crippen molar-refractivity contribution in [3.8, 4) is 11.5 Å². The Morgan fingerprint density at radius 3 is 2.18 bits per heavy atom. The highest BCUT2D eigenvalue weighted by Gasteiger charge is 2.15. The normalized spacial score (nSPS) is 10.2. The van der Waals surface area contributed by atoms with Crippen LogP contribution < -0.4 is 15.4 Å². The Balaban J connectivity index is 1.46. The van der Waals surface area contributed by atoms with Crippen molar-refractivity contribution >= 4 is 23.4 Å². The largest absolute Gasteiger partial charge is 0.457 e. The third-order valence-corrected chi connectivity index (χ3v) is 4.97. The van der Waals surface area contributed by atoms with Crippen molar-refractivity contribution < 1.29 is 19.1 Å². The van der Waals surface area contributed by atoms with Crippen LogP contribution in [0.15, 0.2) is 78.9 Å². The van der Waals surface area contributed by atoms with Crippen LogP contribution in [0.5, 0.6) is 11.5 Å². The lowest BCUT2D eigenvalue weighted by Gasteiger charge is -2.18. The Hall–Kier alpha value is -4.13. The zero-order chi connectivity index (χ0) is 23.6. The highest BCUT2D eigenvalue weighted by Crippen LogP contribution is 2.21. The van der Waals surface area contributed by atoms with Gasteiger partial charge in [-0.3, -0.25) is 14.4 Å². The summed E-state index contributed by atoms with van der Waals surface area (Å²) in [6.07, 6.45) is 0.788. The molecule has 0 radical (unpaired) electrons. The molecule has 33 heavy (non-hydrogen) atoms. The van der Waals surface area contributed by atoms with Gasteiger partial charge in [0.05, 0.1) is 13.1 Å². The fraction of sp³-hybridized carbons (Fsp3) is 0.192. The number of amides is 3. The minimum absolute atomic E-state index is 0.113. The topological polar surface area (TPSA) is 87.7 Å². The Labute approximate surface area is 193 Å². The lowest BCUT2D eigenvalue weighted by molar-refractivity contribution is -0.132. The van der Waals surface area contributed by atoms with E-state index in [4.69, 9.17) is 4.74 Å². The number of ether oxygens (including phenoxy) is 1. The number of nitrogens with one attached hydrogen (secondary N) is 2. The van der Waals surface area contributed by atoms with Gasteiger partial charge in [-0.2, -0.15) is 0 Å². The van der Waals surface area contributed by atoms with Gasteiger partial charge in [-0.15, -0.1) is 0 Å². The van der Waals surface area contributed by atoms with E-state index >= 15 is 0 Å². The number of aryl methyl sites for hydroxylation is 1. The van der Waals surface area contributed by atoms with Crippen LogP contribution in [0.2, 0.25) is 0 Å². The van der Waals surface area contributed by atoms with Gasteiger partial charge in [-0.1, -0.05) is 43.3 Å². The lowest BCUT2D eigenvalue weighted by atomic mass is 10.1. The zero-order valence-corrected chi connectivity index (χ0v) is 18.7. The first-order valence-electron chi connectivity index (χ1n) is 10.7. The number of benzene rings is 3. The minimum Gasteiger partial charge on any atom is -0.457 e. The number of likely N-dealkylation sites (N-methyl/N-ethyl adjacent to an activating group) is 1. The van der Waals surface area contributed by atoms with Gasteiger partial charge < -0.3 is 20.3 Å². The molecule has 0 spiro atoms. The van der Waals surface area contributed by atoms with Crippen LogP contribution in [0.1, 0.15) is 22.8 Å². The molecule has 2 N–H and O–H groups in total. The molecule has 0 aliphatic rings. The van der Waals surface area contributed by atoms with Crippen LogP contribution in [0.4, 0.5) is 5.69 Å². The van der Waals surface area contributed by atoms with Gasteiger partial charge in [0, 0.05) is 18.3 Å². The first-order valence-corrected chi connectivity index (χ1v) is 10.7. The Morgan fingerprint density at radius 1 is 0.848 bits per heavy atom. The summed E-state index contributed by atoms with van der Waals surface area (Å²) in [5.41, 5.74) is 2.16. The van der Waals surface area contributed by atoms with Crippen LogP contribution in [0, 0.1) is 0 Å². The van der Waals surface area contributed by atoms with E-state index in [0.29, 0.717) is 17.1 Å². The molecular weight excluding hydrogens is 418 g/mol. The quantitative estimate of drug-likeness (QED) is 0.523. The van der Waals surface area contributed by atoms with E-state index in [0.717, 1.165) is 17.7 Å². The molecule has 0 unspecified atom stereocenters. The Kier molecular flexibility index (Phi) is 8.18. The number of para-hydroxylation sites is 2. The summed E-state index contributed by atoms with van der Waals surface area (Å²) in [4.78, 5) is 38.3. The van der Waals surface area contributed by atoms with Crippen molar-refractivity contribution in [1.82, 2.24) is 10.2 Å². The highest BCUT2D eigenvalue weighted by atomic mass is 16.5. The van der Waals surface area contributed by atoms with Gasteiger partial charge in [-0.25, -0.2) is 0 Å². The van der Waals surface area contributed by atoms with Crippen molar-refractivity contribution in [1.29, 1.82) is 0 Å². The molecule has 3 aromatic carbocycles. The molecule has 0 aliphatic heterocycles. The minimum atomic E-state index is -0.385. The second-order valence-corrected chi connectivity index (χ2v) is 7.43. The van der Waals surface area contributed by atoms with Gasteiger partial charge in [-0.05, 0) is 54.4 Å². The lowest BCUT2D eigenvalue weighted by Crippen LogP contribution is -2.41. The fourth-order valence-corrected chi connectivity index (χ4v) is 3.14. The maximum Gasteiger partial charge on any atom is 0.251 e. The molecule has 0 heterocycles. The van der Waals surface area contributed by atoms with Crippen LogP contribution in [-0.2, 0) is 16.0 Å². The Bertz CT molecular complexity index is 1100. The molecule has 3 rings (SSSR count). The van der Waals surface area contributed by atoms with Crippen molar-refractivity contribution in [2.45, 2.75) is 13.3 Å². The molecule has 0 aliphatic carbocycles. The van der Waals surface area contributed by atoms with Gasteiger partial charge >= 0.3 is 0 Å². The number of carbonyl (C=O) groups is 3. The molecule has 0 saturated heterocycles. The van der Waals surface area contributed by atoms with Gasteiger partial charge in [0.2, 0.25) is 11.8 Å². The molecule has 0 bridgehead atoms. The molecule has 7 nitrogen and oxygen atoms in total. The number of carbonyl (C=O) groups excluding carboxylic acids is 3. The maximum atomic E-state index is 12.4. The monoisotopic (exact) mass is 445 g/mol. The second-order valence-electron chi connectivity index (χ2n) is 7.43. The molecule has 3 amide bonds. The fourth-order valence-electron chi connectivity index (χ4n) is 3.14. The third-order valence-electron chi connectivity index (χ3n) is 4.97. The average Bonchev–Trinajstić information content (AvgIpc) is 2.83. The number of hydrogen-bond donors (Lipinski definition) is 2. The zero-order valence-electron chi connectivity index (χ0n) is 18.7. The summed E-state index contributed by atoms with van der Waals surface area (Å²) in [6.45, 7) is 1.68. The van der Waals surface area contributed by atoms with Crippen molar-refractivity contribution in [2.24, 2.45) is 0 Å². The SMILES string of the molecule is CCc1ccccc1NC(=O)CN(C)C(=O)CNC(=O)c1ccc(Oc2ccccc2)cc1. The summed E-state index contributed by atoms with van der Waals surface area (Å²) >= 11 is 0. The first-order chi connectivity index (χ1) is 16.0. The van der Waals surface area contributed by atoms with Crippen LogP contribution in [0.3, 0.4) is 0 Å². The summed E-state index contributed by atoms with van der Waals surface area (Å²) in [5.74, 6) is 0.248. The van der Waals surface area contributed by atoms with Crippen molar-refractivity contribution in [3.63, 3.8) is 0 Å². The van der Waals surface area contributed by atoms with Crippen LogP contribution in [0.25, 0.3) is 0 Å². The van der Waals surface area contributed by atoms with E-state index in [1.807, 2.05) is 61.5 Å². The molecule has 170 valence electrons. The summed E-state index contributed by atoms with van der Waals surface area (Å²) < 4.78 is 5.71. The van der Waals surface area contributed by atoms with E-state index < -0.39 is 0 Å². The average molecular weight is 446 g/mol. The molecular formula is C26H27N3O4. The molecule has 0 atom stereocenters. The van der Waals surface area contributed by atoms with Crippen LogP contribution in [-0.4, -0.2) is 42.8 Å². The predicted molar refractivity (Wildman–Crippen MR) is 127 cm³/mol. The molecule has 7 heteroatoms. The Morgan fingerprint density at radius 2 is 1.48 bits per heavy atom. The predicted octanol–water partition coefficient (Wildman–Crippen LogP) is 3.87. The van der Waals surface area contributed by atoms with E-state index in [2.05, 4.69) is 10.6 Å². The highest BCUT2D eigenvalue weighted by molar-refractivity contribution is 5.98. The standard InChI is InChI=1S/C26H27N3O4/c1-3-19-9-7-8-12-23(19)28-24(30)18-29(2)25(31)17-27-26(32)20-13-15-22(16-14-20)33-21-10-5-4-6-11-21/h4-16H,3,17-18H2,1-2H3,(H,27,32)(H,28,30). The first kappa shape index (κ1) is 23.5.